The molecule has 0 bridgehead atoms. The zero-order valence-corrected chi connectivity index (χ0v) is 13.4. The van der Waals surface area contributed by atoms with Gasteiger partial charge in [0.25, 0.3) is 0 Å². The van der Waals surface area contributed by atoms with E-state index in [1.165, 1.54) is 0 Å². The van der Waals surface area contributed by atoms with Gasteiger partial charge >= 0.3 is 0 Å². The minimum Gasteiger partial charge on any atom is -0.383 e. The lowest BCUT2D eigenvalue weighted by Crippen LogP contribution is -2.49. The molecule has 0 radical (unpaired) electrons. The van der Waals surface area contributed by atoms with Crippen molar-refractivity contribution in [2.75, 3.05) is 76.2 Å². The second-order valence-corrected chi connectivity index (χ2v) is 5.99. The molecule has 2 aliphatic heterocycles. The van der Waals surface area contributed by atoms with Crippen molar-refractivity contribution in [3.05, 3.63) is 11.9 Å². The molecule has 0 amide bonds. The number of hydrogen-bond acceptors (Lipinski definition) is 7. The summed E-state index contributed by atoms with van der Waals surface area (Å²) < 4.78 is 5.39. The Hall–Kier alpha value is -1.44. The van der Waals surface area contributed by atoms with Gasteiger partial charge in [-0.3, -0.25) is 9.80 Å². The topological polar surface area (TPSA) is 70.8 Å². The molecular weight excluding hydrogens is 280 g/mol. The van der Waals surface area contributed by atoms with Crippen LogP contribution in [0.25, 0.3) is 0 Å². The van der Waals surface area contributed by atoms with Gasteiger partial charge in [0.15, 0.2) is 0 Å². The Balaban J connectivity index is 1.47. The summed E-state index contributed by atoms with van der Waals surface area (Å²) in [7, 11) is 0. The highest BCUT2D eigenvalue weighted by molar-refractivity contribution is 5.55. The summed E-state index contributed by atoms with van der Waals surface area (Å²) in [6.45, 7) is 12.3. The Morgan fingerprint density at radius 2 is 1.64 bits per heavy atom. The van der Waals surface area contributed by atoms with Crippen LogP contribution in [-0.2, 0) is 4.74 Å². The van der Waals surface area contributed by atoms with Crippen LogP contribution in [0, 0.1) is 6.92 Å². The van der Waals surface area contributed by atoms with E-state index in [9.17, 15) is 0 Å². The van der Waals surface area contributed by atoms with Crippen molar-refractivity contribution < 1.29 is 4.74 Å². The molecule has 122 valence electrons. The summed E-state index contributed by atoms with van der Waals surface area (Å²) in [5.41, 5.74) is 6.87. The quantitative estimate of drug-likeness (QED) is 0.827. The molecule has 0 aromatic carbocycles. The first kappa shape index (κ1) is 15.5. The average molecular weight is 306 g/mol. The highest BCUT2D eigenvalue weighted by Gasteiger charge is 2.21. The predicted octanol–water partition coefficient (Wildman–Crippen LogP) is -0.179. The maximum atomic E-state index is 5.88. The van der Waals surface area contributed by atoms with Crippen LogP contribution in [0.4, 0.5) is 11.6 Å². The Morgan fingerprint density at radius 3 is 2.32 bits per heavy atom. The number of nitrogen functional groups attached to an aromatic ring is 1. The standard InChI is InChI=1S/C15H26N6O/c1-13-14(16)17-12-18-15(13)21-6-4-19(5-7-21)2-3-20-8-10-22-11-9-20/h12H,2-11H2,1H3,(H2,16,17,18). The molecule has 0 aliphatic carbocycles. The summed E-state index contributed by atoms with van der Waals surface area (Å²) in [6, 6.07) is 0. The molecule has 0 saturated carbocycles. The Labute approximate surface area is 132 Å². The van der Waals surface area contributed by atoms with Crippen molar-refractivity contribution in [3.63, 3.8) is 0 Å². The monoisotopic (exact) mass is 306 g/mol. The summed E-state index contributed by atoms with van der Waals surface area (Å²) in [6.07, 6.45) is 1.56. The first-order valence-corrected chi connectivity index (χ1v) is 8.08. The fourth-order valence-electron chi connectivity index (χ4n) is 3.06. The van der Waals surface area contributed by atoms with E-state index in [0.29, 0.717) is 5.82 Å². The average Bonchev–Trinajstić information content (AvgIpc) is 2.57. The molecule has 3 heterocycles. The van der Waals surface area contributed by atoms with E-state index in [4.69, 9.17) is 10.5 Å². The smallest absolute Gasteiger partial charge is 0.137 e. The van der Waals surface area contributed by atoms with Gasteiger partial charge in [-0.1, -0.05) is 0 Å². The van der Waals surface area contributed by atoms with Gasteiger partial charge in [-0.15, -0.1) is 0 Å². The van der Waals surface area contributed by atoms with Crippen molar-refractivity contribution in [2.24, 2.45) is 0 Å². The molecule has 2 saturated heterocycles. The summed E-state index contributed by atoms with van der Waals surface area (Å²) in [5, 5.41) is 0. The first-order chi connectivity index (χ1) is 10.7. The molecule has 1 aromatic rings. The number of rotatable bonds is 4. The van der Waals surface area contributed by atoms with Gasteiger partial charge in [-0.25, -0.2) is 9.97 Å². The fourth-order valence-corrected chi connectivity index (χ4v) is 3.06. The molecule has 0 spiro atoms. The summed E-state index contributed by atoms with van der Waals surface area (Å²) in [4.78, 5) is 15.8. The maximum Gasteiger partial charge on any atom is 0.137 e. The zero-order valence-electron chi connectivity index (χ0n) is 13.4. The molecule has 7 nitrogen and oxygen atoms in total. The summed E-state index contributed by atoms with van der Waals surface area (Å²) >= 11 is 0. The third-order valence-electron chi connectivity index (χ3n) is 4.60. The fraction of sp³-hybridized carbons (Fsp3) is 0.733. The van der Waals surface area contributed by atoms with Crippen LogP contribution in [0.3, 0.4) is 0 Å². The van der Waals surface area contributed by atoms with Gasteiger partial charge in [0.2, 0.25) is 0 Å². The molecule has 1 aromatic heterocycles. The maximum absolute atomic E-state index is 5.88. The van der Waals surface area contributed by atoms with Crippen LogP contribution >= 0.6 is 0 Å². The Kier molecular flexibility index (Phi) is 5.07. The van der Waals surface area contributed by atoms with Crippen LogP contribution in [0.5, 0.6) is 0 Å². The molecule has 2 fully saturated rings. The lowest BCUT2D eigenvalue weighted by molar-refractivity contribution is 0.0331. The molecule has 22 heavy (non-hydrogen) atoms. The largest absolute Gasteiger partial charge is 0.383 e. The van der Waals surface area contributed by atoms with Crippen LogP contribution in [0.15, 0.2) is 6.33 Å². The van der Waals surface area contributed by atoms with Gasteiger partial charge < -0.3 is 15.4 Å². The Bertz CT molecular complexity index is 483. The minimum atomic E-state index is 0.583. The molecule has 2 N–H and O–H groups in total. The van der Waals surface area contributed by atoms with E-state index in [1.807, 2.05) is 6.92 Å². The van der Waals surface area contributed by atoms with Gasteiger partial charge in [0, 0.05) is 57.9 Å². The number of nitrogens with two attached hydrogens (primary N) is 1. The van der Waals surface area contributed by atoms with Crippen molar-refractivity contribution in [3.8, 4) is 0 Å². The molecule has 0 atom stereocenters. The van der Waals surface area contributed by atoms with Crippen molar-refractivity contribution in [1.82, 2.24) is 19.8 Å². The third kappa shape index (κ3) is 3.66. The number of anilines is 2. The van der Waals surface area contributed by atoms with Crippen LogP contribution in [0.2, 0.25) is 0 Å². The van der Waals surface area contributed by atoms with Crippen LogP contribution in [0.1, 0.15) is 5.56 Å². The lowest BCUT2D eigenvalue weighted by Gasteiger charge is -2.37. The SMILES string of the molecule is Cc1c(N)ncnc1N1CCN(CCN2CCOCC2)CC1. The molecule has 2 aliphatic rings. The van der Waals surface area contributed by atoms with Crippen molar-refractivity contribution >= 4 is 11.6 Å². The molecule has 0 unspecified atom stereocenters. The number of morpholine rings is 1. The lowest BCUT2D eigenvalue weighted by atomic mass is 10.2. The zero-order chi connectivity index (χ0) is 15.4. The number of nitrogens with zero attached hydrogens (tertiary/aromatic N) is 5. The highest BCUT2D eigenvalue weighted by Crippen LogP contribution is 2.21. The molecule has 3 rings (SSSR count). The summed E-state index contributed by atoms with van der Waals surface area (Å²) in [5.74, 6) is 1.57. The second kappa shape index (κ2) is 7.21. The van der Waals surface area contributed by atoms with E-state index in [1.54, 1.807) is 6.33 Å². The normalized spacial score (nSPS) is 21.2. The number of piperazine rings is 1. The number of aromatic nitrogens is 2. The molecule has 7 heteroatoms. The predicted molar refractivity (Wildman–Crippen MR) is 87.1 cm³/mol. The van der Waals surface area contributed by atoms with E-state index in [-0.39, 0.29) is 0 Å². The van der Waals surface area contributed by atoms with Gasteiger partial charge in [0.1, 0.15) is 18.0 Å². The second-order valence-electron chi connectivity index (χ2n) is 5.99. The van der Waals surface area contributed by atoms with E-state index in [2.05, 4.69) is 24.7 Å². The van der Waals surface area contributed by atoms with E-state index >= 15 is 0 Å². The van der Waals surface area contributed by atoms with Crippen molar-refractivity contribution in [2.45, 2.75) is 6.92 Å². The van der Waals surface area contributed by atoms with Crippen LogP contribution in [-0.4, -0.2) is 85.3 Å². The van der Waals surface area contributed by atoms with Gasteiger partial charge in [0.05, 0.1) is 13.2 Å². The van der Waals surface area contributed by atoms with Crippen LogP contribution < -0.4 is 10.6 Å². The Morgan fingerprint density at radius 1 is 1.00 bits per heavy atom. The van der Waals surface area contributed by atoms with E-state index in [0.717, 1.165) is 77.0 Å². The van der Waals surface area contributed by atoms with Gasteiger partial charge in [-0.2, -0.15) is 0 Å². The minimum absolute atomic E-state index is 0.583. The highest BCUT2D eigenvalue weighted by atomic mass is 16.5. The third-order valence-corrected chi connectivity index (χ3v) is 4.60. The van der Waals surface area contributed by atoms with Gasteiger partial charge in [-0.05, 0) is 6.92 Å². The number of ether oxygens (including phenoxy) is 1. The number of hydrogen-bond donors (Lipinski definition) is 1. The van der Waals surface area contributed by atoms with Crippen molar-refractivity contribution in [1.29, 1.82) is 0 Å². The molecular formula is C15H26N6O. The van der Waals surface area contributed by atoms with E-state index < -0.39 is 0 Å². The first-order valence-electron chi connectivity index (χ1n) is 8.08.